The maximum Gasteiger partial charge on any atom is 0.337 e. The molecule has 0 fully saturated rings. The fourth-order valence-electron chi connectivity index (χ4n) is 1.64. The minimum atomic E-state index is -3.93. The molecule has 0 saturated carbocycles. The molecular formula is C12H18N2O5S. The average Bonchev–Trinajstić information content (AvgIpc) is 2.35. The maximum atomic E-state index is 11.2. The van der Waals surface area contributed by atoms with Crippen LogP contribution in [0.3, 0.4) is 0 Å². The van der Waals surface area contributed by atoms with Gasteiger partial charge in [-0.05, 0) is 31.5 Å². The van der Waals surface area contributed by atoms with Crippen LogP contribution in [0, 0.1) is 0 Å². The minimum absolute atomic E-state index is 0.0200. The third-order valence-corrected chi connectivity index (χ3v) is 3.62. The Morgan fingerprint density at radius 3 is 2.65 bits per heavy atom. The molecule has 1 unspecified atom stereocenters. The summed E-state index contributed by atoms with van der Waals surface area (Å²) in [4.78, 5) is 11.0. The molecule has 0 amide bonds. The summed E-state index contributed by atoms with van der Waals surface area (Å²) >= 11 is 0. The van der Waals surface area contributed by atoms with Crippen LogP contribution < -0.4 is 10.5 Å². The quantitative estimate of drug-likeness (QED) is 0.687. The second-order valence-corrected chi connectivity index (χ2v) is 5.95. The lowest BCUT2D eigenvalue weighted by Crippen LogP contribution is -2.20. The molecule has 0 aliphatic heterocycles. The zero-order chi connectivity index (χ0) is 15.3. The molecule has 20 heavy (non-hydrogen) atoms. The molecule has 1 aromatic rings. The van der Waals surface area contributed by atoms with E-state index in [0.29, 0.717) is 18.7 Å². The van der Waals surface area contributed by atoms with Crippen LogP contribution in [0.15, 0.2) is 23.1 Å². The van der Waals surface area contributed by atoms with Gasteiger partial charge in [0.25, 0.3) is 0 Å². The number of methoxy groups -OCH3 is 1. The van der Waals surface area contributed by atoms with Crippen LogP contribution in [-0.4, -0.2) is 39.3 Å². The Balaban J connectivity index is 3.05. The summed E-state index contributed by atoms with van der Waals surface area (Å²) in [6.45, 7) is 2.41. The molecule has 8 heteroatoms. The minimum Gasteiger partial charge on any atom is -0.478 e. The predicted octanol–water partition coefficient (Wildman–Crippen LogP) is 0.869. The van der Waals surface area contributed by atoms with Crippen molar-refractivity contribution in [3.05, 3.63) is 23.8 Å². The van der Waals surface area contributed by atoms with E-state index in [0.717, 1.165) is 6.07 Å². The van der Waals surface area contributed by atoms with Crippen molar-refractivity contribution in [2.24, 2.45) is 5.14 Å². The zero-order valence-corrected chi connectivity index (χ0v) is 12.1. The van der Waals surface area contributed by atoms with Crippen LogP contribution in [0.25, 0.3) is 0 Å². The molecule has 0 saturated heterocycles. The number of carboxylic acids is 1. The highest BCUT2D eigenvalue weighted by Crippen LogP contribution is 2.21. The van der Waals surface area contributed by atoms with Crippen LogP contribution >= 0.6 is 0 Å². The zero-order valence-electron chi connectivity index (χ0n) is 11.3. The van der Waals surface area contributed by atoms with E-state index in [1.54, 1.807) is 7.11 Å². The van der Waals surface area contributed by atoms with Gasteiger partial charge in [0.15, 0.2) is 0 Å². The van der Waals surface area contributed by atoms with E-state index in [4.69, 9.17) is 15.0 Å². The number of nitrogens with one attached hydrogen (secondary N) is 1. The van der Waals surface area contributed by atoms with E-state index in [9.17, 15) is 13.2 Å². The number of ether oxygens (including phenoxy) is 1. The molecule has 0 aliphatic carbocycles. The predicted molar refractivity (Wildman–Crippen MR) is 74.4 cm³/mol. The summed E-state index contributed by atoms with van der Waals surface area (Å²) in [5, 5.41) is 17.1. The van der Waals surface area contributed by atoms with Gasteiger partial charge in [-0.15, -0.1) is 0 Å². The number of rotatable bonds is 7. The molecule has 4 N–H and O–H groups in total. The molecule has 1 aromatic carbocycles. The Kier molecular flexibility index (Phi) is 5.49. The first kappa shape index (κ1) is 16.4. The van der Waals surface area contributed by atoms with Crippen molar-refractivity contribution in [2.45, 2.75) is 24.3 Å². The molecule has 1 rings (SSSR count). The number of nitrogens with two attached hydrogens (primary N) is 1. The Morgan fingerprint density at radius 1 is 1.50 bits per heavy atom. The van der Waals surface area contributed by atoms with Crippen molar-refractivity contribution in [1.29, 1.82) is 0 Å². The Labute approximate surface area is 117 Å². The van der Waals surface area contributed by atoms with Crippen molar-refractivity contribution in [3.8, 4) is 0 Å². The first-order chi connectivity index (χ1) is 9.25. The molecule has 112 valence electrons. The number of hydrogen-bond acceptors (Lipinski definition) is 5. The van der Waals surface area contributed by atoms with E-state index < -0.39 is 16.0 Å². The molecule has 0 spiro atoms. The monoisotopic (exact) mass is 302 g/mol. The third kappa shape index (κ3) is 4.48. The highest BCUT2D eigenvalue weighted by Gasteiger charge is 2.17. The Hall–Kier alpha value is -1.64. The topological polar surface area (TPSA) is 119 Å². The molecule has 1 atom stereocenters. The lowest BCUT2D eigenvalue weighted by Gasteiger charge is -2.17. The summed E-state index contributed by atoms with van der Waals surface area (Å²) in [5.74, 6) is -1.23. The van der Waals surface area contributed by atoms with Gasteiger partial charge in [0.1, 0.15) is 0 Å². The van der Waals surface area contributed by atoms with Gasteiger partial charge in [-0.3, -0.25) is 0 Å². The van der Waals surface area contributed by atoms with Gasteiger partial charge in [-0.25, -0.2) is 18.4 Å². The van der Waals surface area contributed by atoms with Crippen molar-refractivity contribution in [3.63, 3.8) is 0 Å². The molecule has 0 radical (unpaired) electrons. The van der Waals surface area contributed by atoms with E-state index in [1.807, 2.05) is 6.92 Å². The van der Waals surface area contributed by atoms with Gasteiger partial charge in [0, 0.05) is 25.4 Å². The standard InChI is InChI=1S/C12H18N2O5S/c1-8(5-6-19-2)14-11-4-3-9(20(13,17)18)7-10(11)12(15)16/h3-4,7-8,14H,5-6H2,1-2H3,(H,15,16)(H2,13,17,18). The summed E-state index contributed by atoms with van der Waals surface area (Å²) < 4.78 is 27.4. The number of aromatic carboxylic acids is 1. The SMILES string of the molecule is COCCC(C)Nc1ccc(S(N)(=O)=O)cc1C(=O)O. The van der Waals surface area contributed by atoms with E-state index in [1.165, 1.54) is 12.1 Å². The van der Waals surface area contributed by atoms with Gasteiger partial charge < -0.3 is 15.2 Å². The number of sulfonamides is 1. The fourth-order valence-corrected chi connectivity index (χ4v) is 2.18. The van der Waals surface area contributed by atoms with Crippen LogP contribution in [-0.2, 0) is 14.8 Å². The highest BCUT2D eigenvalue weighted by atomic mass is 32.2. The first-order valence-electron chi connectivity index (χ1n) is 5.91. The van der Waals surface area contributed by atoms with Crippen LogP contribution in [0.4, 0.5) is 5.69 Å². The van der Waals surface area contributed by atoms with E-state index in [-0.39, 0.29) is 16.5 Å². The van der Waals surface area contributed by atoms with Gasteiger partial charge in [0.2, 0.25) is 10.0 Å². The van der Waals surface area contributed by atoms with E-state index >= 15 is 0 Å². The average molecular weight is 302 g/mol. The van der Waals surface area contributed by atoms with Crippen molar-refractivity contribution in [1.82, 2.24) is 0 Å². The van der Waals surface area contributed by atoms with Crippen LogP contribution in [0.5, 0.6) is 0 Å². The lowest BCUT2D eigenvalue weighted by atomic mass is 10.1. The third-order valence-electron chi connectivity index (χ3n) is 2.71. The number of carbonyl (C=O) groups is 1. The molecule has 7 nitrogen and oxygen atoms in total. The number of carboxylic acid groups (broad SMARTS) is 1. The van der Waals surface area contributed by atoms with Gasteiger partial charge in [-0.1, -0.05) is 0 Å². The second-order valence-electron chi connectivity index (χ2n) is 4.38. The molecule has 0 aliphatic rings. The summed E-state index contributed by atoms with van der Waals surface area (Å²) in [6, 6.07) is 3.69. The molecule has 0 aromatic heterocycles. The number of anilines is 1. The smallest absolute Gasteiger partial charge is 0.337 e. The van der Waals surface area contributed by atoms with Crippen molar-refractivity contribution in [2.75, 3.05) is 19.0 Å². The first-order valence-corrected chi connectivity index (χ1v) is 7.46. The summed E-state index contributed by atoms with van der Waals surface area (Å²) in [7, 11) is -2.35. The fraction of sp³-hybridized carbons (Fsp3) is 0.417. The molecule has 0 heterocycles. The van der Waals surface area contributed by atoms with E-state index in [2.05, 4.69) is 5.32 Å². The summed E-state index contributed by atoms with van der Waals surface area (Å²) in [6.07, 6.45) is 0.687. The van der Waals surface area contributed by atoms with Gasteiger partial charge >= 0.3 is 5.97 Å². The number of hydrogen-bond donors (Lipinski definition) is 3. The Morgan fingerprint density at radius 2 is 2.15 bits per heavy atom. The maximum absolute atomic E-state index is 11.2. The number of primary sulfonamides is 1. The highest BCUT2D eigenvalue weighted by molar-refractivity contribution is 7.89. The van der Waals surface area contributed by atoms with Gasteiger partial charge in [0.05, 0.1) is 10.5 Å². The normalized spacial score (nSPS) is 12.9. The van der Waals surface area contributed by atoms with Crippen molar-refractivity contribution < 1.29 is 23.1 Å². The van der Waals surface area contributed by atoms with Gasteiger partial charge in [-0.2, -0.15) is 0 Å². The number of benzene rings is 1. The van der Waals surface area contributed by atoms with Crippen LogP contribution in [0.2, 0.25) is 0 Å². The lowest BCUT2D eigenvalue weighted by molar-refractivity contribution is 0.0697. The second kappa shape index (κ2) is 6.69. The molecule has 0 bridgehead atoms. The van der Waals surface area contributed by atoms with Crippen molar-refractivity contribution >= 4 is 21.7 Å². The largest absolute Gasteiger partial charge is 0.478 e. The Bertz CT molecular complexity index is 586. The molecular weight excluding hydrogens is 284 g/mol. The summed E-state index contributed by atoms with van der Waals surface area (Å²) in [5.41, 5.74) is 0.203. The van der Waals surface area contributed by atoms with Crippen LogP contribution in [0.1, 0.15) is 23.7 Å².